The monoisotopic (exact) mass is 620 g/mol. The molecular formula is C40H24N6S. The molecule has 6 aromatic carbocycles. The summed E-state index contributed by atoms with van der Waals surface area (Å²) in [5.41, 5.74) is 9.82. The van der Waals surface area contributed by atoms with Crippen LogP contribution in [0.2, 0.25) is 0 Å². The standard InChI is InChI=1S/C40H24N6S/c1-3-9-28(10-4-1)38-42-39(29-11-5-2-6-12-29)44-40(43-38)30-21-17-26(18-22-30)25-15-19-27(20-16-25)36-32-23-24-34-37(46-47-45-34)35(32)31-13-7-8-14-33(31)41-36/h1-24H. The van der Waals surface area contributed by atoms with Gasteiger partial charge in [-0.05, 0) is 29.3 Å². The first-order valence-electron chi connectivity index (χ1n) is 15.3. The van der Waals surface area contributed by atoms with Gasteiger partial charge in [-0.15, -0.1) is 0 Å². The maximum atomic E-state index is 5.11. The van der Waals surface area contributed by atoms with Crippen LogP contribution in [0.3, 0.4) is 0 Å². The van der Waals surface area contributed by atoms with Crippen LogP contribution in [0.4, 0.5) is 0 Å². The van der Waals surface area contributed by atoms with Gasteiger partial charge in [0, 0.05) is 38.4 Å². The molecule has 0 spiro atoms. The molecule has 220 valence electrons. The van der Waals surface area contributed by atoms with Crippen molar-refractivity contribution in [1.82, 2.24) is 28.7 Å². The highest BCUT2D eigenvalue weighted by Crippen LogP contribution is 2.37. The van der Waals surface area contributed by atoms with Crippen molar-refractivity contribution in [2.75, 3.05) is 0 Å². The molecule has 0 N–H and O–H groups in total. The summed E-state index contributed by atoms with van der Waals surface area (Å²) >= 11 is 1.24. The molecule has 0 fully saturated rings. The Morgan fingerprint density at radius 2 is 0.851 bits per heavy atom. The van der Waals surface area contributed by atoms with E-state index < -0.39 is 0 Å². The second-order valence-electron chi connectivity index (χ2n) is 11.3. The molecule has 0 aliphatic carbocycles. The summed E-state index contributed by atoms with van der Waals surface area (Å²) in [6, 6.07) is 49.5. The molecule has 9 rings (SSSR count). The van der Waals surface area contributed by atoms with Crippen LogP contribution in [-0.2, 0) is 0 Å². The van der Waals surface area contributed by atoms with Gasteiger partial charge in [-0.25, -0.2) is 19.9 Å². The van der Waals surface area contributed by atoms with E-state index in [4.69, 9.17) is 19.9 Å². The summed E-state index contributed by atoms with van der Waals surface area (Å²) < 4.78 is 9.13. The third-order valence-corrected chi connectivity index (χ3v) is 8.97. The molecule has 0 amide bonds. The Balaban J connectivity index is 1.08. The number of rotatable bonds is 5. The highest BCUT2D eigenvalue weighted by Gasteiger charge is 2.16. The Kier molecular flexibility index (Phi) is 6.54. The Morgan fingerprint density at radius 1 is 0.340 bits per heavy atom. The lowest BCUT2D eigenvalue weighted by Gasteiger charge is -2.11. The minimum absolute atomic E-state index is 0.637. The van der Waals surface area contributed by atoms with E-state index >= 15 is 0 Å². The smallest absolute Gasteiger partial charge is 0.164 e. The molecule has 9 aromatic rings. The van der Waals surface area contributed by atoms with Gasteiger partial charge < -0.3 is 0 Å². The number of hydrogen-bond donors (Lipinski definition) is 0. The van der Waals surface area contributed by atoms with E-state index in [-0.39, 0.29) is 0 Å². The molecular weight excluding hydrogens is 597 g/mol. The molecule has 47 heavy (non-hydrogen) atoms. The average molecular weight is 621 g/mol. The van der Waals surface area contributed by atoms with Gasteiger partial charge in [0.05, 0.1) is 22.9 Å². The molecule has 3 heterocycles. The van der Waals surface area contributed by atoms with Gasteiger partial charge >= 0.3 is 0 Å². The highest BCUT2D eigenvalue weighted by molar-refractivity contribution is 7.00. The Labute approximate surface area is 274 Å². The van der Waals surface area contributed by atoms with E-state index in [0.29, 0.717) is 17.5 Å². The van der Waals surface area contributed by atoms with E-state index in [1.54, 1.807) is 0 Å². The number of hydrogen-bond acceptors (Lipinski definition) is 7. The van der Waals surface area contributed by atoms with E-state index in [1.165, 1.54) is 11.7 Å². The van der Waals surface area contributed by atoms with Gasteiger partial charge in [-0.1, -0.05) is 127 Å². The Hall–Kier alpha value is -6.18. The molecule has 3 aromatic heterocycles. The van der Waals surface area contributed by atoms with Gasteiger partial charge in [0.2, 0.25) is 0 Å². The van der Waals surface area contributed by atoms with Gasteiger partial charge in [0.25, 0.3) is 0 Å². The number of para-hydroxylation sites is 1. The lowest BCUT2D eigenvalue weighted by Crippen LogP contribution is -2.00. The second-order valence-corrected chi connectivity index (χ2v) is 11.8. The first kappa shape index (κ1) is 27.2. The largest absolute Gasteiger partial charge is 0.247 e. The summed E-state index contributed by atoms with van der Waals surface area (Å²) in [7, 11) is 0. The van der Waals surface area contributed by atoms with E-state index in [1.807, 2.05) is 78.9 Å². The number of nitrogens with zero attached hydrogens (tertiary/aromatic N) is 6. The first-order valence-corrected chi connectivity index (χ1v) is 16.0. The van der Waals surface area contributed by atoms with Crippen LogP contribution in [-0.4, -0.2) is 28.7 Å². The van der Waals surface area contributed by atoms with Crippen molar-refractivity contribution in [3.63, 3.8) is 0 Å². The zero-order valence-electron chi connectivity index (χ0n) is 24.9. The number of aromatic nitrogens is 6. The molecule has 0 saturated heterocycles. The fourth-order valence-electron chi connectivity index (χ4n) is 6.07. The number of pyridine rings is 1. The van der Waals surface area contributed by atoms with Crippen molar-refractivity contribution in [2.24, 2.45) is 0 Å². The average Bonchev–Trinajstić information content (AvgIpc) is 3.65. The molecule has 0 unspecified atom stereocenters. The maximum absolute atomic E-state index is 5.11. The van der Waals surface area contributed by atoms with Gasteiger partial charge in [-0.3, -0.25) is 0 Å². The molecule has 7 heteroatoms. The van der Waals surface area contributed by atoms with Crippen LogP contribution in [0.5, 0.6) is 0 Å². The minimum atomic E-state index is 0.637. The Bertz CT molecular complexity index is 2490. The molecule has 0 aliphatic heterocycles. The van der Waals surface area contributed by atoms with Crippen molar-refractivity contribution in [3.8, 4) is 56.5 Å². The van der Waals surface area contributed by atoms with Crippen LogP contribution in [0, 0.1) is 0 Å². The topological polar surface area (TPSA) is 77.3 Å². The summed E-state index contributed by atoms with van der Waals surface area (Å²) in [4.78, 5) is 19.7. The molecule has 0 bridgehead atoms. The molecule has 0 saturated carbocycles. The first-order chi connectivity index (χ1) is 23.3. The van der Waals surface area contributed by atoms with Crippen molar-refractivity contribution >= 4 is 44.4 Å². The predicted octanol–water partition coefficient (Wildman–Crippen LogP) is 9.91. The van der Waals surface area contributed by atoms with Gasteiger partial charge in [0.1, 0.15) is 11.0 Å². The molecule has 0 aliphatic rings. The lowest BCUT2D eigenvalue weighted by atomic mass is 9.97. The van der Waals surface area contributed by atoms with Crippen LogP contribution in [0.1, 0.15) is 0 Å². The fourth-order valence-corrected chi connectivity index (χ4v) is 6.62. The second kappa shape index (κ2) is 11.3. The third kappa shape index (κ3) is 4.90. The zero-order valence-corrected chi connectivity index (χ0v) is 25.8. The van der Waals surface area contributed by atoms with E-state index in [0.717, 1.165) is 71.8 Å². The Morgan fingerprint density at radius 3 is 1.47 bits per heavy atom. The number of fused-ring (bicyclic) bond motifs is 5. The van der Waals surface area contributed by atoms with Crippen molar-refractivity contribution < 1.29 is 0 Å². The van der Waals surface area contributed by atoms with E-state index in [2.05, 4.69) is 75.5 Å². The quantitative estimate of drug-likeness (QED) is 0.178. The summed E-state index contributed by atoms with van der Waals surface area (Å²) in [5, 5.41) is 3.26. The highest BCUT2D eigenvalue weighted by atomic mass is 32.1. The minimum Gasteiger partial charge on any atom is -0.247 e. The van der Waals surface area contributed by atoms with Crippen LogP contribution < -0.4 is 0 Å². The molecule has 6 nitrogen and oxygen atoms in total. The predicted molar refractivity (Wildman–Crippen MR) is 191 cm³/mol. The number of benzene rings is 6. The fraction of sp³-hybridized carbons (Fsp3) is 0. The summed E-state index contributed by atoms with van der Waals surface area (Å²) in [5.74, 6) is 1.93. The summed E-state index contributed by atoms with van der Waals surface area (Å²) in [6.45, 7) is 0. The van der Waals surface area contributed by atoms with Crippen molar-refractivity contribution in [3.05, 3.63) is 146 Å². The SMILES string of the molecule is c1ccc(-c2nc(-c3ccccc3)nc(-c3ccc(-c4ccc(-c5nc6ccccc6c6c5ccc5nsnc56)cc4)cc3)n2)cc1. The molecule has 0 radical (unpaired) electrons. The van der Waals surface area contributed by atoms with Crippen LogP contribution in [0.15, 0.2) is 146 Å². The van der Waals surface area contributed by atoms with Crippen molar-refractivity contribution in [1.29, 1.82) is 0 Å². The molecule has 0 atom stereocenters. The normalized spacial score (nSPS) is 11.4. The third-order valence-electron chi connectivity index (χ3n) is 8.42. The van der Waals surface area contributed by atoms with Gasteiger partial charge in [0.15, 0.2) is 17.5 Å². The maximum Gasteiger partial charge on any atom is 0.164 e. The zero-order chi connectivity index (χ0) is 31.2. The summed E-state index contributed by atoms with van der Waals surface area (Å²) in [6.07, 6.45) is 0. The van der Waals surface area contributed by atoms with E-state index in [9.17, 15) is 0 Å². The van der Waals surface area contributed by atoms with Crippen LogP contribution in [0.25, 0.3) is 89.3 Å². The van der Waals surface area contributed by atoms with Crippen LogP contribution >= 0.6 is 11.7 Å². The van der Waals surface area contributed by atoms with Gasteiger partial charge in [-0.2, -0.15) is 8.75 Å². The van der Waals surface area contributed by atoms with Crippen molar-refractivity contribution in [2.45, 2.75) is 0 Å². The lowest BCUT2D eigenvalue weighted by molar-refractivity contribution is 1.07.